The molecule has 3 heterocycles. The average molecular weight is 300 g/mol. The van der Waals surface area contributed by atoms with E-state index in [0.717, 1.165) is 17.0 Å². The Kier molecular flexibility index (Phi) is 4.17. The molecule has 0 amide bonds. The van der Waals surface area contributed by atoms with E-state index >= 15 is 0 Å². The lowest BCUT2D eigenvalue weighted by molar-refractivity contribution is 0.150. The molecule has 3 rings (SSSR count). The minimum atomic E-state index is -0.496. The van der Waals surface area contributed by atoms with Crippen molar-refractivity contribution < 1.29 is 5.11 Å². The maximum atomic E-state index is 10.1. The van der Waals surface area contributed by atoms with Crippen molar-refractivity contribution >= 4 is 11.2 Å². The van der Waals surface area contributed by atoms with Crippen molar-refractivity contribution in [3.8, 4) is 5.82 Å². The molecular formula is C15H20N6O. The van der Waals surface area contributed by atoms with Crippen LogP contribution in [0.3, 0.4) is 0 Å². The number of rotatable bonds is 6. The molecule has 3 aromatic heterocycles. The number of nitrogens with zero attached hydrogens (tertiary/aromatic N) is 5. The molecule has 1 atom stereocenters. The standard InChI is InChI=1S/C15H20N6O/c1-11(2)16-7-12(22)8-21-10-19-13-14(17-9-18-15(13)21)20-5-3-4-6-20/h3-6,9-12,16,22H,7-8H2,1-2H3. The number of aliphatic hydroxyl groups excluding tert-OH is 1. The molecule has 0 aromatic carbocycles. The van der Waals surface area contributed by atoms with Crippen LogP contribution in [0.2, 0.25) is 0 Å². The van der Waals surface area contributed by atoms with Crippen molar-refractivity contribution in [2.45, 2.75) is 32.5 Å². The monoisotopic (exact) mass is 300 g/mol. The second-order valence-electron chi connectivity index (χ2n) is 5.57. The normalized spacial score (nSPS) is 13.1. The molecule has 0 saturated heterocycles. The largest absolute Gasteiger partial charge is 0.390 e. The maximum absolute atomic E-state index is 10.1. The van der Waals surface area contributed by atoms with Gasteiger partial charge in [-0.25, -0.2) is 15.0 Å². The summed E-state index contributed by atoms with van der Waals surface area (Å²) in [5.74, 6) is 0.739. The van der Waals surface area contributed by atoms with Crippen molar-refractivity contribution in [2.24, 2.45) is 0 Å². The molecule has 0 fully saturated rings. The third-order valence-corrected chi connectivity index (χ3v) is 3.40. The molecule has 2 N–H and O–H groups in total. The van der Waals surface area contributed by atoms with Crippen LogP contribution in [0.1, 0.15) is 13.8 Å². The van der Waals surface area contributed by atoms with E-state index in [9.17, 15) is 5.11 Å². The summed E-state index contributed by atoms with van der Waals surface area (Å²) in [6.07, 6.45) is 6.56. The molecule has 0 aliphatic rings. The van der Waals surface area contributed by atoms with Gasteiger partial charge in [-0.15, -0.1) is 0 Å². The molecular weight excluding hydrogens is 280 g/mol. The first-order valence-corrected chi connectivity index (χ1v) is 7.36. The average Bonchev–Trinajstić information content (AvgIpc) is 3.15. The van der Waals surface area contributed by atoms with Gasteiger partial charge >= 0.3 is 0 Å². The molecule has 0 saturated carbocycles. The summed E-state index contributed by atoms with van der Waals surface area (Å²) in [4.78, 5) is 13.0. The fraction of sp³-hybridized carbons (Fsp3) is 0.400. The summed E-state index contributed by atoms with van der Waals surface area (Å²) in [6.45, 7) is 5.08. The van der Waals surface area contributed by atoms with Crippen LogP contribution >= 0.6 is 0 Å². The highest BCUT2D eigenvalue weighted by atomic mass is 16.3. The first kappa shape index (κ1) is 14.7. The molecule has 7 heteroatoms. The predicted molar refractivity (Wildman–Crippen MR) is 83.8 cm³/mol. The number of hydrogen-bond donors (Lipinski definition) is 2. The van der Waals surface area contributed by atoms with Gasteiger partial charge in [0.2, 0.25) is 0 Å². The Labute approximate surface area is 128 Å². The van der Waals surface area contributed by atoms with Crippen LogP contribution in [0.5, 0.6) is 0 Å². The number of hydrogen-bond acceptors (Lipinski definition) is 5. The summed E-state index contributed by atoms with van der Waals surface area (Å²) in [5.41, 5.74) is 1.45. The quantitative estimate of drug-likeness (QED) is 0.709. The molecule has 0 radical (unpaired) electrons. The van der Waals surface area contributed by atoms with E-state index in [0.29, 0.717) is 19.1 Å². The highest BCUT2D eigenvalue weighted by Crippen LogP contribution is 2.17. The van der Waals surface area contributed by atoms with Crippen LogP contribution in [0.4, 0.5) is 0 Å². The molecule has 3 aromatic rings. The molecule has 22 heavy (non-hydrogen) atoms. The number of fused-ring (bicyclic) bond motifs is 1. The minimum Gasteiger partial charge on any atom is -0.390 e. The Hall–Kier alpha value is -2.25. The van der Waals surface area contributed by atoms with Gasteiger partial charge in [0.1, 0.15) is 6.33 Å². The van der Waals surface area contributed by atoms with Crippen molar-refractivity contribution in [3.05, 3.63) is 37.2 Å². The fourth-order valence-electron chi connectivity index (χ4n) is 2.33. The first-order chi connectivity index (χ1) is 10.6. The SMILES string of the molecule is CC(C)NCC(O)Cn1cnc2c(-n3cccc3)ncnc21. The summed E-state index contributed by atoms with van der Waals surface area (Å²) < 4.78 is 3.76. The van der Waals surface area contributed by atoms with E-state index in [2.05, 4.69) is 34.1 Å². The number of aliphatic hydroxyl groups is 1. The van der Waals surface area contributed by atoms with Crippen molar-refractivity contribution in [1.29, 1.82) is 0 Å². The van der Waals surface area contributed by atoms with Crippen LogP contribution in [0.25, 0.3) is 17.0 Å². The summed E-state index contributed by atoms with van der Waals surface area (Å²) in [7, 11) is 0. The number of imidazole rings is 1. The van der Waals surface area contributed by atoms with Gasteiger partial charge in [0.15, 0.2) is 17.0 Å². The Morgan fingerprint density at radius 1 is 1.18 bits per heavy atom. The summed E-state index contributed by atoms with van der Waals surface area (Å²) in [6, 6.07) is 4.22. The molecule has 0 spiro atoms. The molecule has 0 aliphatic heterocycles. The fourth-order valence-corrected chi connectivity index (χ4v) is 2.33. The third-order valence-electron chi connectivity index (χ3n) is 3.40. The van der Waals surface area contributed by atoms with Crippen LogP contribution in [-0.2, 0) is 6.54 Å². The Morgan fingerprint density at radius 2 is 1.95 bits per heavy atom. The van der Waals surface area contributed by atoms with Crippen LogP contribution < -0.4 is 5.32 Å². The molecule has 0 aliphatic carbocycles. The summed E-state index contributed by atoms with van der Waals surface area (Å²) in [5, 5.41) is 13.3. The Morgan fingerprint density at radius 3 is 2.68 bits per heavy atom. The number of nitrogens with one attached hydrogen (secondary N) is 1. The lowest BCUT2D eigenvalue weighted by Gasteiger charge is -2.14. The summed E-state index contributed by atoms with van der Waals surface area (Å²) >= 11 is 0. The molecule has 116 valence electrons. The maximum Gasteiger partial charge on any atom is 0.168 e. The second-order valence-corrected chi connectivity index (χ2v) is 5.57. The van der Waals surface area contributed by atoms with E-state index in [1.807, 2.05) is 33.7 Å². The van der Waals surface area contributed by atoms with Gasteiger partial charge in [0.05, 0.1) is 19.0 Å². The Balaban J connectivity index is 1.85. The predicted octanol–water partition coefficient (Wildman–Crippen LogP) is 0.976. The smallest absolute Gasteiger partial charge is 0.168 e. The highest BCUT2D eigenvalue weighted by Gasteiger charge is 2.13. The van der Waals surface area contributed by atoms with Gasteiger partial charge < -0.3 is 19.6 Å². The van der Waals surface area contributed by atoms with Gasteiger partial charge in [0, 0.05) is 25.0 Å². The highest BCUT2D eigenvalue weighted by molar-refractivity contribution is 5.78. The second kappa shape index (κ2) is 6.25. The van der Waals surface area contributed by atoms with Crippen LogP contribution in [-0.4, -0.2) is 47.9 Å². The van der Waals surface area contributed by atoms with Gasteiger partial charge in [-0.3, -0.25) is 0 Å². The topological polar surface area (TPSA) is 80.8 Å². The minimum absolute atomic E-state index is 0.344. The van der Waals surface area contributed by atoms with Crippen molar-refractivity contribution in [2.75, 3.05) is 6.54 Å². The lowest BCUT2D eigenvalue weighted by atomic mass is 10.3. The van der Waals surface area contributed by atoms with Crippen LogP contribution in [0, 0.1) is 0 Å². The van der Waals surface area contributed by atoms with Gasteiger partial charge in [-0.2, -0.15) is 0 Å². The molecule has 0 bridgehead atoms. The van der Waals surface area contributed by atoms with Crippen LogP contribution in [0.15, 0.2) is 37.2 Å². The van der Waals surface area contributed by atoms with E-state index in [1.54, 1.807) is 6.33 Å². The van der Waals surface area contributed by atoms with Gasteiger partial charge in [-0.1, -0.05) is 13.8 Å². The van der Waals surface area contributed by atoms with E-state index < -0.39 is 6.10 Å². The molecule has 1 unspecified atom stereocenters. The van der Waals surface area contributed by atoms with Crippen molar-refractivity contribution in [3.63, 3.8) is 0 Å². The van der Waals surface area contributed by atoms with E-state index in [-0.39, 0.29) is 0 Å². The number of aromatic nitrogens is 5. The molecule has 7 nitrogen and oxygen atoms in total. The zero-order valence-electron chi connectivity index (χ0n) is 12.7. The van der Waals surface area contributed by atoms with Crippen molar-refractivity contribution in [1.82, 2.24) is 29.4 Å². The van der Waals surface area contributed by atoms with E-state index in [4.69, 9.17) is 0 Å². The zero-order valence-corrected chi connectivity index (χ0v) is 12.7. The lowest BCUT2D eigenvalue weighted by Crippen LogP contribution is -2.34. The van der Waals surface area contributed by atoms with E-state index in [1.165, 1.54) is 6.33 Å². The first-order valence-electron chi connectivity index (χ1n) is 7.36. The third kappa shape index (κ3) is 3.00. The Bertz CT molecular complexity index is 734. The van der Waals surface area contributed by atoms with Gasteiger partial charge in [-0.05, 0) is 12.1 Å². The van der Waals surface area contributed by atoms with Gasteiger partial charge in [0.25, 0.3) is 0 Å². The zero-order chi connectivity index (χ0) is 15.5.